The van der Waals surface area contributed by atoms with Crippen LogP contribution in [0.25, 0.3) is 10.9 Å². The van der Waals surface area contributed by atoms with E-state index in [1.165, 1.54) is 0 Å². The Hall–Kier alpha value is -3.41. The lowest BCUT2D eigenvalue weighted by Crippen LogP contribution is -2.34. The Bertz CT molecular complexity index is 929. The van der Waals surface area contributed by atoms with Crippen LogP contribution in [0.2, 0.25) is 0 Å². The summed E-state index contributed by atoms with van der Waals surface area (Å²) in [6.45, 7) is -0.138. The molecule has 0 saturated heterocycles. The van der Waals surface area contributed by atoms with Crippen LogP contribution in [0.1, 0.15) is 15.9 Å². The number of hydrogen-bond acceptors (Lipinski definition) is 3. The van der Waals surface area contributed by atoms with Gasteiger partial charge in [-0.15, -0.1) is 0 Å². The number of nitrogens with zero attached hydrogens (tertiary/aromatic N) is 2. The molecular weight excluding hydrogens is 316 g/mol. The molecule has 0 aliphatic heterocycles. The molecule has 0 aliphatic rings. The lowest BCUT2D eigenvalue weighted by molar-refractivity contribution is -0.120. The second-order valence-corrected chi connectivity index (χ2v) is 5.55. The summed E-state index contributed by atoms with van der Waals surface area (Å²) in [5, 5.41) is 7.57. The van der Waals surface area contributed by atoms with Crippen LogP contribution in [0.15, 0.2) is 65.9 Å². The minimum absolute atomic E-state index is 0.138. The van der Waals surface area contributed by atoms with Crippen LogP contribution in [0, 0.1) is 0 Å². The molecule has 1 heterocycles. The predicted octanol–water partition coefficient (Wildman–Crippen LogP) is 2.06. The molecule has 0 radical (unpaired) electrons. The molecule has 6 nitrogen and oxygen atoms in total. The molecule has 1 aromatic heterocycles. The first kappa shape index (κ1) is 16.4. The van der Waals surface area contributed by atoms with Crippen molar-refractivity contribution >= 4 is 28.9 Å². The molecule has 0 atom stereocenters. The highest BCUT2D eigenvalue weighted by molar-refractivity contribution is 6.00. The Balaban J connectivity index is 1.55. The Morgan fingerprint density at radius 1 is 1.08 bits per heavy atom. The van der Waals surface area contributed by atoms with Crippen molar-refractivity contribution in [3.05, 3.63) is 71.9 Å². The zero-order chi connectivity index (χ0) is 17.6. The van der Waals surface area contributed by atoms with Crippen LogP contribution < -0.4 is 10.7 Å². The smallest absolute Gasteiger partial charge is 0.259 e. The van der Waals surface area contributed by atoms with Gasteiger partial charge in [0.1, 0.15) is 0 Å². The second kappa shape index (κ2) is 7.44. The number of fused-ring (bicyclic) bond motifs is 1. The maximum atomic E-state index is 11.9. The molecule has 2 amide bonds. The number of aryl methyl sites for hydroxylation is 1. The van der Waals surface area contributed by atoms with Crippen LogP contribution >= 0.6 is 0 Å². The van der Waals surface area contributed by atoms with Gasteiger partial charge in [0.2, 0.25) is 0 Å². The third kappa shape index (κ3) is 3.92. The summed E-state index contributed by atoms with van der Waals surface area (Å²) in [6, 6.07) is 16.7. The topological polar surface area (TPSA) is 75.5 Å². The highest BCUT2D eigenvalue weighted by Crippen LogP contribution is 2.18. The quantitative estimate of drug-likeness (QED) is 0.553. The monoisotopic (exact) mass is 334 g/mol. The zero-order valence-electron chi connectivity index (χ0n) is 13.8. The summed E-state index contributed by atoms with van der Waals surface area (Å²) < 4.78 is 2.00. The number of carbonyl (C=O) groups excluding carboxylic acids is 2. The van der Waals surface area contributed by atoms with Crippen molar-refractivity contribution in [1.29, 1.82) is 0 Å². The molecule has 0 unspecified atom stereocenters. The van der Waals surface area contributed by atoms with E-state index in [0.717, 1.165) is 16.5 Å². The number of rotatable bonds is 5. The van der Waals surface area contributed by atoms with Crippen molar-refractivity contribution in [3.63, 3.8) is 0 Å². The minimum atomic E-state index is -0.388. The van der Waals surface area contributed by atoms with E-state index in [-0.39, 0.29) is 18.4 Å². The first-order valence-electron chi connectivity index (χ1n) is 7.84. The Labute approximate surface area is 145 Å². The Kier molecular flexibility index (Phi) is 4.89. The second-order valence-electron chi connectivity index (χ2n) is 5.55. The van der Waals surface area contributed by atoms with Gasteiger partial charge in [-0.25, -0.2) is 5.43 Å². The normalized spacial score (nSPS) is 10.9. The molecule has 3 rings (SSSR count). The first-order chi connectivity index (χ1) is 12.1. The van der Waals surface area contributed by atoms with Crippen LogP contribution in [0.5, 0.6) is 0 Å². The van der Waals surface area contributed by atoms with E-state index in [1.807, 2.05) is 48.1 Å². The van der Waals surface area contributed by atoms with E-state index in [2.05, 4.69) is 15.8 Å². The van der Waals surface area contributed by atoms with Gasteiger partial charge >= 0.3 is 0 Å². The van der Waals surface area contributed by atoms with Crippen LogP contribution in [0.3, 0.4) is 0 Å². The van der Waals surface area contributed by atoms with E-state index in [1.54, 1.807) is 30.5 Å². The van der Waals surface area contributed by atoms with Gasteiger partial charge in [-0.1, -0.05) is 36.4 Å². The number of benzene rings is 2. The summed E-state index contributed by atoms with van der Waals surface area (Å²) in [7, 11) is 1.96. The largest absolute Gasteiger partial charge is 0.350 e. The van der Waals surface area contributed by atoms with Crippen LogP contribution in [-0.4, -0.2) is 29.1 Å². The molecule has 0 spiro atoms. The lowest BCUT2D eigenvalue weighted by Gasteiger charge is -2.03. The highest BCUT2D eigenvalue weighted by Gasteiger charge is 2.07. The molecule has 2 aromatic carbocycles. The number of amides is 2. The number of aromatic nitrogens is 1. The summed E-state index contributed by atoms with van der Waals surface area (Å²) in [4.78, 5) is 23.7. The summed E-state index contributed by atoms with van der Waals surface area (Å²) >= 11 is 0. The van der Waals surface area contributed by atoms with Crippen molar-refractivity contribution < 1.29 is 9.59 Å². The van der Waals surface area contributed by atoms with Gasteiger partial charge in [0, 0.05) is 35.3 Å². The van der Waals surface area contributed by atoms with Gasteiger partial charge in [-0.05, 0) is 18.2 Å². The first-order valence-corrected chi connectivity index (χ1v) is 7.84. The number of hydrazone groups is 1. The predicted molar refractivity (Wildman–Crippen MR) is 97.4 cm³/mol. The highest BCUT2D eigenvalue weighted by atomic mass is 16.2. The number of para-hydroxylation sites is 1. The summed E-state index contributed by atoms with van der Waals surface area (Å²) in [5.74, 6) is -0.686. The average Bonchev–Trinajstić information content (AvgIpc) is 2.97. The fourth-order valence-corrected chi connectivity index (χ4v) is 2.54. The summed E-state index contributed by atoms with van der Waals surface area (Å²) in [5.41, 5.74) is 4.92. The minimum Gasteiger partial charge on any atom is -0.350 e. The third-order valence-electron chi connectivity index (χ3n) is 3.77. The van der Waals surface area contributed by atoms with E-state index in [0.29, 0.717) is 5.56 Å². The average molecular weight is 334 g/mol. The Morgan fingerprint density at radius 2 is 1.80 bits per heavy atom. The molecule has 2 N–H and O–H groups in total. The molecule has 126 valence electrons. The van der Waals surface area contributed by atoms with E-state index in [9.17, 15) is 9.59 Å². The van der Waals surface area contributed by atoms with Crippen LogP contribution in [0.4, 0.5) is 0 Å². The number of carbonyl (C=O) groups is 2. The lowest BCUT2D eigenvalue weighted by atomic mass is 10.2. The number of hydrogen-bond donors (Lipinski definition) is 2. The molecule has 0 saturated carbocycles. The molecule has 0 aliphatic carbocycles. The standard InChI is InChI=1S/C19H18N4O2/c1-23-13-15(16-9-5-6-10-17(16)23)11-21-22-18(24)12-20-19(25)14-7-3-2-4-8-14/h2-11,13H,12H2,1H3,(H,20,25)(H,22,24)/b21-11-. The van der Waals surface area contributed by atoms with E-state index in [4.69, 9.17) is 0 Å². The maximum absolute atomic E-state index is 11.9. The van der Waals surface area contributed by atoms with Gasteiger partial charge in [0.25, 0.3) is 11.8 Å². The van der Waals surface area contributed by atoms with E-state index >= 15 is 0 Å². The van der Waals surface area contributed by atoms with Crippen molar-refractivity contribution in [2.24, 2.45) is 12.1 Å². The van der Waals surface area contributed by atoms with Gasteiger partial charge in [-0.2, -0.15) is 5.10 Å². The Morgan fingerprint density at radius 3 is 2.60 bits per heavy atom. The molecule has 6 heteroatoms. The van der Waals surface area contributed by atoms with Gasteiger partial charge in [0.05, 0.1) is 12.8 Å². The van der Waals surface area contributed by atoms with E-state index < -0.39 is 0 Å². The fourth-order valence-electron chi connectivity index (χ4n) is 2.54. The van der Waals surface area contributed by atoms with Crippen molar-refractivity contribution in [2.45, 2.75) is 0 Å². The molecule has 25 heavy (non-hydrogen) atoms. The molecule has 0 bridgehead atoms. The zero-order valence-corrected chi connectivity index (χ0v) is 13.8. The van der Waals surface area contributed by atoms with Crippen molar-refractivity contribution in [1.82, 2.24) is 15.3 Å². The molecule has 0 fully saturated rings. The van der Waals surface area contributed by atoms with Crippen molar-refractivity contribution in [3.8, 4) is 0 Å². The maximum Gasteiger partial charge on any atom is 0.259 e. The van der Waals surface area contributed by atoms with Crippen molar-refractivity contribution in [2.75, 3.05) is 6.54 Å². The fraction of sp³-hybridized carbons (Fsp3) is 0.105. The van der Waals surface area contributed by atoms with Gasteiger partial charge in [0.15, 0.2) is 0 Å². The number of nitrogens with one attached hydrogen (secondary N) is 2. The van der Waals surface area contributed by atoms with Gasteiger partial charge in [-0.3, -0.25) is 9.59 Å². The van der Waals surface area contributed by atoms with Gasteiger partial charge < -0.3 is 9.88 Å². The molecular formula is C19H18N4O2. The summed E-state index contributed by atoms with van der Waals surface area (Å²) in [6.07, 6.45) is 3.54. The SMILES string of the molecule is Cn1cc(/C=N\NC(=O)CNC(=O)c2ccccc2)c2ccccc21. The molecule has 3 aromatic rings. The van der Waals surface area contributed by atoms with Crippen LogP contribution in [-0.2, 0) is 11.8 Å². The third-order valence-corrected chi connectivity index (χ3v) is 3.77.